The van der Waals surface area contributed by atoms with E-state index in [4.69, 9.17) is 4.74 Å². The summed E-state index contributed by atoms with van der Waals surface area (Å²) in [6.07, 6.45) is 9.59. The molecule has 1 aromatic carbocycles. The van der Waals surface area contributed by atoms with E-state index < -0.39 is 0 Å². The van der Waals surface area contributed by atoms with E-state index in [1.54, 1.807) is 0 Å². The van der Waals surface area contributed by atoms with E-state index >= 15 is 0 Å². The predicted octanol–water partition coefficient (Wildman–Crippen LogP) is 5.40. The van der Waals surface area contributed by atoms with Gasteiger partial charge in [-0.3, -0.25) is 9.59 Å². The summed E-state index contributed by atoms with van der Waals surface area (Å²) < 4.78 is 5.21. The topological polar surface area (TPSA) is 55.4 Å². The number of carbonyl (C=O) groups excluding carboxylic acids is 2. The first kappa shape index (κ1) is 21.2. The number of ether oxygens (including phenoxy) is 1. The maximum Gasteiger partial charge on any atom is 0.305 e. The van der Waals surface area contributed by atoms with Crippen LogP contribution in [0.1, 0.15) is 76.7 Å². The van der Waals surface area contributed by atoms with Crippen molar-refractivity contribution in [1.29, 1.82) is 0 Å². The van der Waals surface area contributed by atoms with Gasteiger partial charge in [-0.25, -0.2) is 0 Å². The quantitative estimate of drug-likeness (QED) is 0.384. The molecule has 1 N–H and O–H groups in total. The van der Waals surface area contributed by atoms with Crippen LogP contribution in [0.5, 0.6) is 0 Å². The molecule has 0 saturated heterocycles. The molecule has 25 heavy (non-hydrogen) atoms. The zero-order valence-corrected chi connectivity index (χ0v) is 15.8. The number of carbonyl (C=O) groups is 2. The van der Waals surface area contributed by atoms with Crippen LogP contribution in [0.15, 0.2) is 24.3 Å². The molecule has 4 nitrogen and oxygen atoms in total. The Bertz CT molecular complexity index is 514. The molecule has 1 amide bonds. The van der Waals surface area contributed by atoms with Gasteiger partial charge in [0.2, 0.25) is 5.91 Å². The van der Waals surface area contributed by atoms with Crippen LogP contribution in [0.3, 0.4) is 0 Å². The van der Waals surface area contributed by atoms with Crippen LogP contribution in [-0.2, 0) is 14.3 Å². The normalized spacial score (nSPS) is 10.5. The highest BCUT2D eigenvalue weighted by atomic mass is 16.5. The van der Waals surface area contributed by atoms with E-state index in [-0.39, 0.29) is 11.9 Å². The van der Waals surface area contributed by atoms with Gasteiger partial charge in [0.05, 0.1) is 6.61 Å². The van der Waals surface area contributed by atoms with Crippen molar-refractivity contribution >= 4 is 17.6 Å². The van der Waals surface area contributed by atoms with Crippen LogP contribution in [0.2, 0.25) is 0 Å². The Hall–Kier alpha value is -1.84. The second kappa shape index (κ2) is 13.5. The van der Waals surface area contributed by atoms with Gasteiger partial charge in [0.1, 0.15) is 0 Å². The molecule has 0 bridgehead atoms. The van der Waals surface area contributed by atoms with E-state index in [9.17, 15) is 9.59 Å². The van der Waals surface area contributed by atoms with Crippen molar-refractivity contribution in [2.45, 2.75) is 78.1 Å². The number of benzene rings is 1. The Labute approximate surface area is 152 Å². The molecule has 0 aromatic heterocycles. The molecular formula is C21H33NO3. The van der Waals surface area contributed by atoms with E-state index in [2.05, 4.69) is 12.2 Å². The first-order valence-electron chi connectivity index (χ1n) is 9.64. The number of hydrogen-bond acceptors (Lipinski definition) is 3. The summed E-state index contributed by atoms with van der Waals surface area (Å²) in [6.45, 7) is 4.70. The summed E-state index contributed by atoms with van der Waals surface area (Å²) in [6, 6.07) is 7.68. The zero-order valence-electron chi connectivity index (χ0n) is 15.8. The van der Waals surface area contributed by atoms with Gasteiger partial charge < -0.3 is 10.1 Å². The number of hydrogen-bond donors (Lipinski definition) is 1. The van der Waals surface area contributed by atoms with Gasteiger partial charge in [0.15, 0.2) is 0 Å². The Kier molecular flexibility index (Phi) is 11.4. The minimum absolute atomic E-state index is 0.0644. The van der Waals surface area contributed by atoms with Crippen molar-refractivity contribution in [3.05, 3.63) is 29.8 Å². The van der Waals surface area contributed by atoms with Crippen molar-refractivity contribution in [2.24, 2.45) is 0 Å². The zero-order chi connectivity index (χ0) is 18.3. The number of rotatable bonds is 13. The lowest BCUT2D eigenvalue weighted by molar-refractivity contribution is -0.143. The molecule has 0 fully saturated rings. The smallest absolute Gasteiger partial charge is 0.305 e. The van der Waals surface area contributed by atoms with Gasteiger partial charge in [-0.2, -0.15) is 0 Å². The molecule has 1 aromatic rings. The van der Waals surface area contributed by atoms with E-state index in [0.29, 0.717) is 25.9 Å². The average Bonchev–Trinajstić information content (AvgIpc) is 2.57. The van der Waals surface area contributed by atoms with Gasteiger partial charge >= 0.3 is 5.97 Å². The number of nitrogens with one attached hydrogen (secondary N) is 1. The molecule has 0 radical (unpaired) electrons. The Morgan fingerprint density at radius 2 is 1.68 bits per heavy atom. The van der Waals surface area contributed by atoms with Gasteiger partial charge in [0.25, 0.3) is 0 Å². The van der Waals surface area contributed by atoms with Crippen molar-refractivity contribution in [1.82, 2.24) is 0 Å². The maximum absolute atomic E-state index is 11.8. The lowest BCUT2D eigenvalue weighted by Crippen LogP contribution is -2.13. The third-order valence-electron chi connectivity index (χ3n) is 4.10. The van der Waals surface area contributed by atoms with Crippen LogP contribution in [0, 0.1) is 6.92 Å². The lowest BCUT2D eigenvalue weighted by Gasteiger charge is -2.07. The summed E-state index contributed by atoms with van der Waals surface area (Å²) in [4.78, 5) is 23.5. The fourth-order valence-corrected chi connectivity index (χ4v) is 2.66. The second-order valence-corrected chi connectivity index (χ2v) is 6.61. The maximum atomic E-state index is 11.8. The predicted molar refractivity (Wildman–Crippen MR) is 103 cm³/mol. The molecule has 1 rings (SSSR count). The average molecular weight is 347 g/mol. The number of amides is 1. The summed E-state index contributed by atoms with van der Waals surface area (Å²) in [5.41, 5.74) is 1.90. The largest absolute Gasteiger partial charge is 0.466 e. The molecule has 140 valence electrons. The van der Waals surface area contributed by atoms with E-state index in [1.165, 1.54) is 32.1 Å². The SMILES string of the molecule is CCCCCCCCCOC(=O)CCCC(=O)Nc1cccc(C)c1. The van der Waals surface area contributed by atoms with Gasteiger partial charge in [-0.05, 0) is 37.5 Å². The van der Waals surface area contributed by atoms with Gasteiger partial charge in [-0.1, -0.05) is 57.6 Å². The highest BCUT2D eigenvalue weighted by Crippen LogP contribution is 2.11. The van der Waals surface area contributed by atoms with Crippen molar-refractivity contribution in [2.75, 3.05) is 11.9 Å². The minimum Gasteiger partial charge on any atom is -0.466 e. The highest BCUT2D eigenvalue weighted by Gasteiger charge is 2.07. The minimum atomic E-state index is -0.200. The van der Waals surface area contributed by atoms with Crippen LogP contribution in [-0.4, -0.2) is 18.5 Å². The Morgan fingerprint density at radius 3 is 2.40 bits per heavy atom. The number of aryl methyl sites for hydroxylation is 1. The molecule has 0 aliphatic rings. The molecular weight excluding hydrogens is 314 g/mol. The third-order valence-corrected chi connectivity index (χ3v) is 4.10. The third kappa shape index (κ3) is 11.4. The number of anilines is 1. The number of unbranched alkanes of at least 4 members (excludes halogenated alkanes) is 6. The van der Waals surface area contributed by atoms with Crippen LogP contribution < -0.4 is 5.32 Å². The molecule has 0 aliphatic heterocycles. The first-order chi connectivity index (χ1) is 12.1. The van der Waals surface area contributed by atoms with Crippen LogP contribution in [0.25, 0.3) is 0 Å². The van der Waals surface area contributed by atoms with Crippen molar-refractivity contribution in [3.8, 4) is 0 Å². The fraction of sp³-hybridized carbons (Fsp3) is 0.619. The Morgan fingerprint density at radius 1 is 0.960 bits per heavy atom. The summed E-state index contributed by atoms with van der Waals surface area (Å²) in [5.74, 6) is -0.264. The monoisotopic (exact) mass is 347 g/mol. The summed E-state index contributed by atoms with van der Waals surface area (Å²) in [7, 11) is 0. The molecule has 0 saturated carbocycles. The summed E-state index contributed by atoms with van der Waals surface area (Å²) >= 11 is 0. The van der Waals surface area contributed by atoms with E-state index in [0.717, 1.165) is 24.1 Å². The fourth-order valence-electron chi connectivity index (χ4n) is 2.66. The van der Waals surface area contributed by atoms with Gasteiger partial charge in [0, 0.05) is 18.5 Å². The Balaban J connectivity index is 2.00. The van der Waals surface area contributed by atoms with Crippen molar-refractivity contribution < 1.29 is 14.3 Å². The molecule has 0 atom stereocenters. The molecule has 0 unspecified atom stereocenters. The summed E-state index contributed by atoms with van der Waals surface area (Å²) in [5, 5.41) is 2.85. The van der Waals surface area contributed by atoms with Crippen molar-refractivity contribution in [3.63, 3.8) is 0 Å². The lowest BCUT2D eigenvalue weighted by atomic mass is 10.1. The van der Waals surface area contributed by atoms with E-state index in [1.807, 2.05) is 31.2 Å². The highest BCUT2D eigenvalue weighted by molar-refractivity contribution is 5.90. The standard InChI is InChI=1S/C21H33NO3/c1-3-4-5-6-7-8-9-16-25-21(24)15-11-14-20(23)22-19-13-10-12-18(2)17-19/h10,12-13,17H,3-9,11,14-16H2,1-2H3,(H,22,23). The van der Waals surface area contributed by atoms with Gasteiger partial charge in [-0.15, -0.1) is 0 Å². The molecule has 0 spiro atoms. The first-order valence-corrected chi connectivity index (χ1v) is 9.64. The molecule has 4 heteroatoms. The molecule has 0 heterocycles. The van der Waals surface area contributed by atoms with Crippen LogP contribution in [0.4, 0.5) is 5.69 Å². The number of esters is 1. The second-order valence-electron chi connectivity index (χ2n) is 6.61. The van der Waals surface area contributed by atoms with Crippen LogP contribution >= 0.6 is 0 Å². The molecule has 0 aliphatic carbocycles.